The maximum Gasteiger partial charge on any atom is 0.416 e. The lowest BCUT2D eigenvalue weighted by molar-refractivity contribution is -0.137. The van der Waals surface area contributed by atoms with E-state index in [1.165, 1.54) is 36.5 Å². The van der Waals surface area contributed by atoms with E-state index in [1.807, 2.05) is 0 Å². The summed E-state index contributed by atoms with van der Waals surface area (Å²) in [4.78, 5) is 13.7. The predicted molar refractivity (Wildman–Crippen MR) is 118 cm³/mol. The second-order valence-electron chi connectivity index (χ2n) is 7.69. The van der Waals surface area contributed by atoms with Crippen molar-refractivity contribution in [2.75, 3.05) is 6.61 Å². The van der Waals surface area contributed by atoms with Gasteiger partial charge in [0, 0.05) is 10.6 Å². The zero-order chi connectivity index (χ0) is 25.2. The summed E-state index contributed by atoms with van der Waals surface area (Å²) < 4.78 is 70.7. The van der Waals surface area contributed by atoms with Crippen LogP contribution in [-0.4, -0.2) is 28.5 Å². The Hall–Kier alpha value is -3.47. The molecular weight excluding hydrogens is 495 g/mol. The van der Waals surface area contributed by atoms with E-state index in [0.29, 0.717) is 17.8 Å². The van der Waals surface area contributed by atoms with Gasteiger partial charge in [-0.2, -0.15) is 13.2 Å². The minimum Gasteiger partial charge on any atom is -0.453 e. The SMILES string of the molecule is Cc1ncc(Oc2cccc(C(F)(F)F)c2)c(C2=NOC[C@@H](Cc3ccc(C(F)F)cc3Cl)N2)n1. The maximum absolute atomic E-state index is 13.1. The van der Waals surface area contributed by atoms with Crippen LogP contribution in [0, 0.1) is 6.92 Å². The molecule has 0 unspecified atom stereocenters. The molecule has 3 aromatic rings. The molecule has 1 aliphatic heterocycles. The molecule has 0 spiro atoms. The monoisotopic (exact) mass is 512 g/mol. The number of halogens is 6. The highest BCUT2D eigenvalue weighted by atomic mass is 35.5. The van der Waals surface area contributed by atoms with Gasteiger partial charge >= 0.3 is 6.18 Å². The Morgan fingerprint density at radius 1 is 1.20 bits per heavy atom. The third-order valence-electron chi connectivity index (χ3n) is 5.06. The summed E-state index contributed by atoms with van der Waals surface area (Å²) in [5.41, 5.74) is -0.242. The zero-order valence-electron chi connectivity index (χ0n) is 18.1. The molecule has 2 aromatic carbocycles. The van der Waals surface area contributed by atoms with Crippen molar-refractivity contribution in [3.8, 4) is 11.5 Å². The van der Waals surface area contributed by atoms with Crippen LogP contribution < -0.4 is 10.1 Å². The van der Waals surface area contributed by atoms with Crippen molar-refractivity contribution >= 4 is 17.4 Å². The number of nitrogens with zero attached hydrogens (tertiary/aromatic N) is 3. The van der Waals surface area contributed by atoms with Gasteiger partial charge in [0.05, 0.1) is 17.8 Å². The standard InChI is InChI=1S/C23H18ClF5N4O2/c1-12-30-10-19(35-17-4-2-3-15(9-17)23(27,28)29)20(31-12)22-32-16(11-34-33-22)7-13-5-6-14(21(25)26)8-18(13)24/h2-6,8-10,16,21H,7,11H2,1H3,(H,32,33)/t16-/m1/s1. The average Bonchev–Trinajstić information content (AvgIpc) is 2.81. The number of alkyl halides is 5. The van der Waals surface area contributed by atoms with Crippen molar-refractivity contribution in [2.45, 2.75) is 32.0 Å². The Morgan fingerprint density at radius 2 is 2.00 bits per heavy atom. The quantitative estimate of drug-likeness (QED) is 0.405. The highest BCUT2D eigenvalue weighted by Crippen LogP contribution is 2.33. The fourth-order valence-electron chi connectivity index (χ4n) is 3.37. The van der Waals surface area contributed by atoms with Crippen LogP contribution in [0.5, 0.6) is 11.5 Å². The van der Waals surface area contributed by atoms with Crippen LogP contribution in [0.4, 0.5) is 22.0 Å². The van der Waals surface area contributed by atoms with Crippen LogP contribution >= 0.6 is 11.6 Å². The van der Waals surface area contributed by atoms with Gasteiger partial charge in [-0.05, 0) is 43.2 Å². The van der Waals surface area contributed by atoms with Crippen molar-refractivity contribution in [2.24, 2.45) is 5.16 Å². The number of amidine groups is 1. The fourth-order valence-corrected chi connectivity index (χ4v) is 3.64. The second-order valence-corrected chi connectivity index (χ2v) is 8.10. The summed E-state index contributed by atoms with van der Waals surface area (Å²) in [7, 11) is 0. The minimum atomic E-state index is -4.53. The predicted octanol–water partition coefficient (Wildman–Crippen LogP) is 6.08. The molecule has 0 fully saturated rings. The Balaban J connectivity index is 1.55. The fraction of sp³-hybridized carbons (Fsp3) is 0.261. The molecule has 1 atom stereocenters. The van der Waals surface area contributed by atoms with Crippen molar-refractivity contribution in [3.63, 3.8) is 0 Å². The van der Waals surface area contributed by atoms with Gasteiger partial charge in [0.1, 0.15) is 18.2 Å². The number of aromatic nitrogens is 2. The number of hydrogen-bond donors (Lipinski definition) is 1. The second kappa shape index (κ2) is 10.0. The molecule has 1 N–H and O–H groups in total. The lowest BCUT2D eigenvalue weighted by atomic mass is 10.0. The Labute approximate surface area is 201 Å². The summed E-state index contributed by atoms with van der Waals surface area (Å²) >= 11 is 6.17. The number of nitrogens with one attached hydrogen (secondary N) is 1. The Bertz CT molecular complexity index is 1250. The molecule has 0 amide bonds. The lowest BCUT2D eigenvalue weighted by Gasteiger charge is -2.25. The third-order valence-corrected chi connectivity index (χ3v) is 5.41. The summed E-state index contributed by atoms with van der Waals surface area (Å²) in [5.74, 6) is 0.542. The largest absolute Gasteiger partial charge is 0.453 e. The van der Waals surface area contributed by atoms with Gasteiger partial charge in [0.2, 0.25) is 0 Å². The summed E-state index contributed by atoms with van der Waals surface area (Å²) in [6.07, 6.45) is -5.51. The van der Waals surface area contributed by atoms with Crippen LogP contribution in [0.25, 0.3) is 0 Å². The van der Waals surface area contributed by atoms with Gasteiger partial charge < -0.3 is 14.9 Å². The third kappa shape index (κ3) is 5.97. The number of benzene rings is 2. The Morgan fingerprint density at radius 3 is 2.71 bits per heavy atom. The van der Waals surface area contributed by atoms with E-state index in [1.54, 1.807) is 6.92 Å². The van der Waals surface area contributed by atoms with Gasteiger partial charge in [-0.15, -0.1) is 0 Å². The highest BCUT2D eigenvalue weighted by Gasteiger charge is 2.31. The first-order chi connectivity index (χ1) is 16.6. The molecular formula is C23H18ClF5N4O2. The molecule has 1 aromatic heterocycles. The van der Waals surface area contributed by atoms with E-state index in [-0.39, 0.29) is 46.3 Å². The molecule has 0 saturated heterocycles. The normalized spacial score (nSPS) is 15.9. The minimum absolute atomic E-state index is 0.0599. The molecule has 0 saturated carbocycles. The van der Waals surface area contributed by atoms with Crippen LogP contribution in [0.2, 0.25) is 5.02 Å². The van der Waals surface area contributed by atoms with Crippen molar-refractivity contribution in [1.82, 2.24) is 15.3 Å². The van der Waals surface area contributed by atoms with Gasteiger partial charge in [0.25, 0.3) is 6.43 Å². The van der Waals surface area contributed by atoms with E-state index < -0.39 is 18.2 Å². The van der Waals surface area contributed by atoms with Crippen LogP contribution in [0.1, 0.15) is 34.6 Å². The first-order valence-electron chi connectivity index (χ1n) is 10.3. The van der Waals surface area contributed by atoms with E-state index in [2.05, 4.69) is 20.4 Å². The van der Waals surface area contributed by atoms with Gasteiger partial charge in [-0.25, -0.2) is 18.7 Å². The first kappa shape index (κ1) is 24.6. The molecule has 0 bridgehead atoms. The number of ether oxygens (including phenoxy) is 1. The van der Waals surface area contributed by atoms with Crippen LogP contribution in [0.15, 0.2) is 53.8 Å². The molecule has 4 rings (SSSR count). The summed E-state index contributed by atoms with van der Waals surface area (Å²) in [5, 5.41) is 7.31. The molecule has 1 aliphatic rings. The summed E-state index contributed by atoms with van der Waals surface area (Å²) in [6, 6.07) is 8.09. The van der Waals surface area contributed by atoms with E-state index in [4.69, 9.17) is 21.2 Å². The molecule has 2 heterocycles. The maximum atomic E-state index is 13.1. The molecule has 12 heteroatoms. The topological polar surface area (TPSA) is 68.6 Å². The highest BCUT2D eigenvalue weighted by molar-refractivity contribution is 6.31. The van der Waals surface area contributed by atoms with Gasteiger partial charge in [-0.3, -0.25) is 0 Å². The number of aryl methyl sites for hydroxylation is 1. The van der Waals surface area contributed by atoms with Crippen molar-refractivity contribution in [3.05, 3.63) is 81.9 Å². The zero-order valence-corrected chi connectivity index (χ0v) is 18.9. The molecule has 35 heavy (non-hydrogen) atoms. The Kier molecular flexibility index (Phi) is 7.06. The van der Waals surface area contributed by atoms with Crippen LogP contribution in [0.3, 0.4) is 0 Å². The molecule has 0 radical (unpaired) electrons. The van der Waals surface area contributed by atoms with Gasteiger partial charge in [-0.1, -0.05) is 35.0 Å². The summed E-state index contributed by atoms with van der Waals surface area (Å²) in [6.45, 7) is 1.79. The number of hydrogen-bond acceptors (Lipinski definition) is 6. The number of oxime groups is 1. The van der Waals surface area contributed by atoms with Crippen LogP contribution in [-0.2, 0) is 17.4 Å². The van der Waals surface area contributed by atoms with E-state index in [0.717, 1.165) is 12.1 Å². The van der Waals surface area contributed by atoms with Crippen molar-refractivity contribution in [1.29, 1.82) is 0 Å². The average molecular weight is 513 g/mol. The molecule has 6 nitrogen and oxygen atoms in total. The lowest BCUT2D eigenvalue weighted by Crippen LogP contribution is -2.44. The first-order valence-corrected chi connectivity index (χ1v) is 10.7. The van der Waals surface area contributed by atoms with Gasteiger partial charge in [0.15, 0.2) is 17.3 Å². The molecule has 184 valence electrons. The van der Waals surface area contributed by atoms with Crippen molar-refractivity contribution < 1.29 is 31.5 Å². The smallest absolute Gasteiger partial charge is 0.416 e. The number of rotatable bonds is 6. The van der Waals surface area contributed by atoms with E-state index >= 15 is 0 Å². The molecule has 0 aliphatic carbocycles. The van der Waals surface area contributed by atoms with E-state index in [9.17, 15) is 22.0 Å².